The number of nitrogens with zero attached hydrogens (tertiary/aromatic N) is 3. The van der Waals surface area contributed by atoms with Crippen molar-refractivity contribution in [1.29, 1.82) is 0 Å². The average Bonchev–Trinajstić information content (AvgIpc) is 2.88. The Morgan fingerprint density at radius 1 is 1.03 bits per heavy atom. The van der Waals surface area contributed by atoms with Gasteiger partial charge in [-0.25, -0.2) is 4.79 Å². The number of amides is 2. The van der Waals surface area contributed by atoms with E-state index in [1.807, 2.05) is 18.2 Å². The first-order valence-corrected chi connectivity index (χ1v) is 10.1. The van der Waals surface area contributed by atoms with Crippen molar-refractivity contribution in [1.82, 2.24) is 15.3 Å². The van der Waals surface area contributed by atoms with Gasteiger partial charge in [0.2, 0.25) is 0 Å². The topological polar surface area (TPSA) is 102 Å². The fraction of sp³-hybridized carbons (Fsp3) is 0.167. The third-order valence-electron chi connectivity index (χ3n) is 5.03. The number of pyridine rings is 1. The van der Waals surface area contributed by atoms with Crippen LogP contribution in [0.4, 0.5) is 4.79 Å². The van der Waals surface area contributed by atoms with Crippen molar-refractivity contribution in [2.24, 2.45) is 5.10 Å². The predicted octanol–water partition coefficient (Wildman–Crippen LogP) is 3.38. The van der Waals surface area contributed by atoms with E-state index in [1.165, 1.54) is 19.5 Å². The number of nitrogens with one attached hydrogen (secondary N) is 1. The van der Waals surface area contributed by atoms with E-state index in [9.17, 15) is 9.59 Å². The fourth-order valence-corrected chi connectivity index (χ4v) is 3.35. The van der Waals surface area contributed by atoms with Gasteiger partial charge in [0.25, 0.3) is 5.91 Å². The summed E-state index contributed by atoms with van der Waals surface area (Å²) >= 11 is 0. The number of benzene rings is 2. The van der Waals surface area contributed by atoms with Crippen molar-refractivity contribution >= 4 is 17.7 Å². The zero-order valence-corrected chi connectivity index (χ0v) is 18.1. The number of carbonyl (C=O) groups is 2. The Kier molecular flexibility index (Phi) is 6.49. The maximum absolute atomic E-state index is 12.9. The second-order valence-electron chi connectivity index (χ2n) is 7.04. The van der Waals surface area contributed by atoms with Crippen LogP contribution >= 0.6 is 0 Å². The molecule has 0 aliphatic carbocycles. The monoisotopic (exact) mass is 446 g/mol. The molecule has 1 aliphatic rings. The molecule has 33 heavy (non-hydrogen) atoms. The summed E-state index contributed by atoms with van der Waals surface area (Å²) in [5, 5.41) is 8.54. The highest BCUT2D eigenvalue weighted by Gasteiger charge is 2.32. The molecule has 9 nitrogen and oxygen atoms in total. The quantitative estimate of drug-likeness (QED) is 0.597. The van der Waals surface area contributed by atoms with Gasteiger partial charge in [0.15, 0.2) is 17.7 Å². The number of hydrogen-bond acceptors (Lipinski definition) is 7. The van der Waals surface area contributed by atoms with Crippen LogP contribution in [0.3, 0.4) is 0 Å². The Labute approximate surface area is 190 Å². The Morgan fingerprint density at radius 3 is 2.45 bits per heavy atom. The molecule has 9 heteroatoms. The number of cyclic esters (lactones) is 1. The smallest absolute Gasteiger partial charge is 0.433 e. The van der Waals surface area contributed by atoms with Gasteiger partial charge < -0.3 is 19.5 Å². The van der Waals surface area contributed by atoms with Gasteiger partial charge in [-0.3, -0.25) is 9.78 Å². The zero-order valence-electron chi connectivity index (χ0n) is 18.1. The maximum atomic E-state index is 12.9. The van der Waals surface area contributed by atoms with Gasteiger partial charge in [-0.1, -0.05) is 30.3 Å². The highest BCUT2D eigenvalue weighted by Crippen LogP contribution is 2.29. The van der Waals surface area contributed by atoms with Gasteiger partial charge in [-0.15, -0.1) is 0 Å². The molecule has 0 saturated carbocycles. The van der Waals surface area contributed by atoms with Crippen LogP contribution < -0.4 is 14.8 Å². The molecule has 2 heterocycles. The Bertz CT molecular complexity index is 1170. The molecule has 0 radical (unpaired) electrons. The summed E-state index contributed by atoms with van der Waals surface area (Å²) in [4.78, 5) is 29.5. The zero-order chi connectivity index (χ0) is 23.2. The van der Waals surface area contributed by atoms with Gasteiger partial charge in [-0.2, -0.15) is 10.1 Å². The Morgan fingerprint density at radius 2 is 1.76 bits per heavy atom. The van der Waals surface area contributed by atoms with Crippen LogP contribution in [0.1, 0.15) is 27.7 Å². The molecular formula is C24H22N4O5. The number of hydrogen-bond donors (Lipinski definition) is 1. The highest BCUT2D eigenvalue weighted by molar-refractivity contribution is 6.04. The minimum absolute atomic E-state index is 0.0232. The normalized spacial score (nSPS) is 14.1. The summed E-state index contributed by atoms with van der Waals surface area (Å²) in [6.07, 6.45) is 1.47. The lowest BCUT2D eigenvalue weighted by atomic mass is 10.1. The predicted molar refractivity (Wildman–Crippen MR) is 120 cm³/mol. The van der Waals surface area contributed by atoms with Gasteiger partial charge >= 0.3 is 6.09 Å². The molecule has 2 aromatic carbocycles. The third kappa shape index (κ3) is 4.77. The first-order valence-electron chi connectivity index (χ1n) is 10.1. The first-order chi connectivity index (χ1) is 16.1. The highest BCUT2D eigenvalue weighted by atomic mass is 16.6. The van der Waals surface area contributed by atoms with Crippen molar-refractivity contribution in [3.8, 4) is 11.5 Å². The van der Waals surface area contributed by atoms with E-state index in [4.69, 9.17) is 14.2 Å². The number of hydrazone groups is 1. The fourth-order valence-electron chi connectivity index (χ4n) is 3.35. The van der Waals surface area contributed by atoms with E-state index < -0.39 is 12.3 Å². The van der Waals surface area contributed by atoms with Gasteiger partial charge in [0.05, 0.1) is 14.2 Å². The molecule has 1 unspecified atom stereocenters. The molecule has 1 N–H and O–H groups in total. The molecule has 1 aromatic heterocycles. The molecule has 2 amide bonds. The van der Waals surface area contributed by atoms with Crippen LogP contribution in [0.25, 0.3) is 0 Å². The standard InChI is InChI=1S/C24H22N4O5/c1-31-20-9-8-18(14-21(20)32-2)19-15-33-24(30)28(27-19)22(16-6-4-3-5-7-16)26-23(29)17-10-12-25-13-11-17/h3-14,22H,15H2,1-2H3,(H,26,29). The van der Waals surface area contributed by atoms with E-state index in [2.05, 4.69) is 15.4 Å². The van der Waals surface area contributed by atoms with E-state index >= 15 is 0 Å². The lowest BCUT2D eigenvalue weighted by molar-refractivity contribution is 0.0701. The van der Waals surface area contributed by atoms with E-state index in [-0.39, 0.29) is 12.5 Å². The molecule has 1 aliphatic heterocycles. The molecular weight excluding hydrogens is 424 g/mol. The van der Waals surface area contributed by atoms with Gasteiger partial charge in [-0.05, 0) is 35.9 Å². The van der Waals surface area contributed by atoms with Crippen LogP contribution in [0.15, 0.2) is 78.2 Å². The number of methoxy groups -OCH3 is 2. The molecule has 3 aromatic rings. The lowest BCUT2D eigenvalue weighted by Gasteiger charge is -2.31. The third-order valence-corrected chi connectivity index (χ3v) is 5.03. The molecule has 4 rings (SSSR count). The van der Waals surface area contributed by atoms with E-state index in [0.717, 1.165) is 5.01 Å². The minimum Gasteiger partial charge on any atom is -0.493 e. The average molecular weight is 446 g/mol. The van der Waals surface area contributed by atoms with Crippen LogP contribution in [-0.2, 0) is 4.74 Å². The molecule has 1 atom stereocenters. The van der Waals surface area contributed by atoms with E-state index in [1.54, 1.807) is 49.6 Å². The Hall–Kier alpha value is -4.40. The van der Waals surface area contributed by atoms with Crippen LogP contribution in [0.5, 0.6) is 11.5 Å². The largest absolute Gasteiger partial charge is 0.493 e. The second-order valence-corrected chi connectivity index (χ2v) is 7.04. The summed E-state index contributed by atoms with van der Waals surface area (Å²) in [5.74, 6) is 0.706. The van der Waals surface area contributed by atoms with Crippen molar-refractivity contribution in [3.63, 3.8) is 0 Å². The molecule has 0 fully saturated rings. The number of aromatic nitrogens is 1. The minimum atomic E-state index is -0.894. The number of ether oxygens (including phenoxy) is 3. The van der Waals surface area contributed by atoms with E-state index in [0.29, 0.717) is 33.9 Å². The summed E-state index contributed by atoms with van der Waals surface area (Å²) in [6, 6.07) is 17.5. The summed E-state index contributed by atoms with van der Waals surface area (Å²) in [5.41, 5.74) is 2.25. The molecule has 168 valence electrons. The molecule has 0 saturated heterocycles. The first kappa shape index (κ1) is 21.8. The Balaban J connectivity index is 1.71. The van der Waals surface area contributed by atoms with Gasteiger partial charge in [0, 0.05) is 23.5 Å². The SMILES string of the molecule is COc1ccc(C2=NN(C(NC(=O)c3ccncc3)c3ccccc3)C(=O)OC2)cc1OC. The van der Waals surface area contributed by atoms with Gasteiger partial charge in [0.1, 0.15) is 12.3 Å². The van der Waals surface area contributed by atoms with Crippen molar-refractivity contribution in [3.05, 3.63) is 89.7 Å². The molecule has 0 spiro atoms. The number of carbonyl (C=O) groups excluding carboxylic acids is 2. The summed E-state index contributed by atoms with van der Waals surface area (Å²) in [6.45, 7) is -0.0232. The summed E-state index contributed by atoms with van der Waals surface area (Å²) < 4.78 is 16.1. The van der Waals surface area contributed by atoms with Crippen molar-refractivity contribution < 1.29 is 23.8 Å². The van der Waals surface area contributed by atoms with Crippen molar-refractivity contribution in [2.45, 2.75) is 6.17 Å². The molecule has 0 bridgehead atoms. The lowest BCUT2D eigenvalue weighted by Crippen LogP contribution is -2.45. The van der Waals surface area contributed by atoms with Crippen molar-refractivity contribution in [2.75, 3.05) is 20.8 Å². The van der Waals surface area contributed by atoms with Crippen LogP contribution in [0.2, 0.25) is 0 Å². The van der Waals surface area contributed by atoms with Crippen LogP contribution in [0, 0.1) is 0 Å². The van der Waals surface area contributed by atoms with Crippen LogP contribution in [-0.4, -0.2) is 48.5 Å². The maximum Gasteiger partial charge on any atom is 0.433 e. The number of rotatable bonds is 7. The second kappa shape index (κ2) is 9.82. The summed E-state index contributed by atoms with van der Waals surface area (Å²) in [7, 11) is 3.09.